The Morgan fingerprint density at radius 2 is 2.06 bits per heavy atom. The van der Waals surface area contributed by atoms with Crippen LogP contribution in [0, 0.1) is 0 Å². The van der Waals surface area contributed by atoms with Crippen LogP contribution in [0.5, 0.6) is 0 Å². The Bertz CT molecular complexity index is 278. The molecule has 5 heteroatoms. The molecule has 2 fully saturated rings. The number of carbonyl (C=O) groups excluding carboxylic acids is 1. The van der Waals surface area contributed by atoms with E-state index in [9.17, 15) is 4.79 Å². The van der Waals surface area contributed by atoms with Crippen LogP contribution in [0.15, 0.2) is 0 Å². The van der Waals surface area contributed by atoms with Gasteiger partial charge in [-0.3, -0.25) is 20.0 Å². The highest BCUT2D eigenvalue weighted by Gasteiger charge is 2.31. The molecule has 2 aliphatic rings. The third-order valence-corrected chi connectivity index (χ3v) is 4.37. The quantitative estimate of drug-likeness (QED) is 0.431. The van der Waals surface area contributed by atoms with Gasteiger partial charge < -0.3 is 0 Å². The second-order valence-electron chi connectivity index (χ2n) is 5.65. The van der Waals surface area contributed by atoms with E-state index in [0.29, 0.717) is 18.5 Å². The predicted octanol–water partition coefficient (Wildman–Crippen LogP) is 0.315. The Morgan fingerprint density at radius 1 is 1.33 bits per heavy atom. The largest absolute Gasteiger partial charge is 0.299 e. The lowest BCUT2D eigenvalue weighted by Gasteiger charge is -2.33. The number of rotatable bonds is 4. The van der Waals surface area contributed by atoms with Crippen molar-refractivity contribution in [1.29, 1.82) is 0 Å². The number of likely N-dealkylation sites (tertiary alicyclic amines) is 2. The highest BCUT2D eigenvalue weighted by atomic mass is 16.2. The lowest BCUT2D eigenvalue weighted by atomic mass is 10.1. The van der Waals surface area contributed by atoms with Gasteiger partial charge in [0.25, 0.3) is 0 Å². The van der Waals surface area contributed by atoms with E-state index in [-0.39, 0.29) is 5.91 Å². The minimum Gasteiger partial charge on any atom is -0.299 e. The van der Waals surface area contributed by atoms with Gasteiger partial charge in [-0.2, -0.15) is 0 Å². The standard InChI is InChI=1S/C13H26N4O/c1-11(9-13(18)15-14)17-8-5-12(10-17)16-6-3-2-4-7-16/h11-12H,2-10,14H2,1H3,(H,15,18). The van der Waals surface area contributed by atoms with Crippen molar-refractivity contribution in [2.24, 2.45) is 5.84 Å². The van der Waals surface area contributed by atoms with Crippen molar-refractivity contribution in [2.45, 2.75) is 51.1 Å². The van der Waals surface area contributed by atoms with Crippen molar-refractivity contribution in [3.05, 3.63) is 0 Å². The Morgan fingerprint density at radius 3 is 2.72 bits per heavy atom. The monoisotopic (exact) mass is 254 g/mol. The van der Waals surface area contributed by atoms with E-state index in [1.54, 1.807) is 0 Å². The number of hydrogen-bond acceptors (Lipinski definition) is 4. The first-order valence-electron chi connectivity index (χ1n) is 7.18. The fourth-order valence-corrected chi connectivity index (χ4v) is 3.21. The number of nitrogens with one attached hydrogen (secondary N) is 1. The van der Waals surface area contributed by atoms with Crippen LogP contribution in [0.2, 0.25) is 0 Å². The zero-order chi connectivity index (χ0) is 13.0. The summed E-state index contributed by atoms with van der Waals surface area (Å²) in [6.45, 7) is 6.86. The summed E-state index contributed by atoms with van der Waals surface area (Å²) in [4.78, 5) is 16.4. The highest BCUT2D eigenvalue weighted by Crippen LogP contribution is 2.22. The number of piperidine rings is 1. The molecule has 0 radical (unpaired) electrons. The zero-order valence-electron chi connectivity index (χ0n) is 11.4. The van der Waals surface area contributed by atoms with E-state index in [2.05, 4.69) is 22.1 Å². The van der Waals surface area contributed by atoms with Crippen molar-refractivity contribution >= 4 is 5.91 Å². The van der Waals surface area contributed by atoms with E-state index < -0.39 is 0 Å². The molecular weight excluding hydrogens is 228 g/mol. The molecule has 104 valence electrons. The number of amides is 1. The van der Waals surface area contributed by atoms with Crippen molar-refractivity contribution in [3.8, 4) is 0 Å². The van der Waals surface area contributed by atoms with Crippen LogP contribution < -0.4 is 11.3 Å². The second-order valence-corrected chi connectivity index (χ2v) is 5.65. The molecule has 0 aliphatic carbocycles. The molecule has 0 aromatic carbocycles. The number of hydrogen-bond donors (Lipinski definition) is 2. The summed E-state index contributed by atoms with van der Waals surface area (Å²) in [5.41, 5.74) is 2.22. The van der Waals surface area contributed by atoms with Crippen LogP contribution >= 0.6 is 0 Å². The minimum atomic E-state index is -0.0658. The number of hydrazine groups is 1. The van der Waals surface area contributed by atoms with Crippen LogP contribution in [0.25, 0.3) is 0 Å². The third kappa shape index (κ3) is 3.43. The molecule has 2 unspecified atom stereocenters. The molecule has 18 heavy (non-hydrogen) atoms. The summed E-state index contributed by atoms with van der Waals surface area (Å²) in [5.74, 6) is 5.07. The van der Waals surface area contributed by atoms with Gasteiger partial charge in [-0.1, -0.05) is 6.42 Å². The second kappa shape index (κ2) is 6.50. The summed E-state index contributed by atoms with van der Waals surface area (Å²) in [7, 11) is 0. The lowest BCUT2D eigenvalue weighted by molar-refractivity contribution is -0.122. The molecule has 1 amide bonds. The summed E-state index contributed by atoms with van der Waals surface area (Å²) < 4.78 is 0. The summed E-state index contributed by atoms with van der Waals surface area (Å²) in [5, 5.41) is 0. The molecule has 2 rings (SSSR count). The van der Waals surface area contributed by atoms with Gasteiger partial charge in [-0.25, -0.2) is 5.84 Å². The maximum absolute atomic E-state index is 11.3. The van der Waals surface area contributed by atoms with Gasteiger partial charge >= 0.3 is 0 Å². The van der Waals surface area contributed by atoms with Crippen molar-refractivity contribution in [1.82, 2.24) is 15.2 Å². The molecule has 0 saturated carbocycles. The molecule has 2 saturated heterocycles. The van der Waals surface area contributed by atoms with Gasteiger partial charge in [0.1, 0.15) is 0 Å². The van der Waals surface area contributed by atoms with E-state index in [0.717, 1.165) is 13.1 Å². The average Bonchev–Trinajstić information content (AvgIpc) is 2.89. The Kier molecular flexibility index (Phi) is 4.97. The number of nitrogens with two attached hydrogens (primary N) is 1. The predicted molar refractivity (Wildman–Crippen MR) is 71.8 cm³/mol. The normalized spacial score (nSPS) is 28.2. The van der Waals surface area contributed by atoms with Crippen LogP contribution in [0.3, 0.4) is 0 Å². The molecule has 0 spiro atoms. The van der Waals surface area contributed by atoms with Gasteiger partial charge in [-0.05, 0) is 39.3 Å². The van der Waals surface area contributed by atoms with Crippen molar-refractivity contribution in [3.63, 3.8) is 0 Å². The van der Waals surface area contributed by atoms with Gasteiger partial charge in [0.05, 0.1) is 0 Å². The molecule has 2 atom stereocenters. The van der Waals surface area contributed by atoms with Crippen LogP contribution in [-0.2, 0) is 4.79 Å². The Balaban J connectivity index is 1.78. The van der Waals surface area contributed by atoms with Gasteiger partial charge in [0, 0.05) is 31.6 Å². The van der Waals surface area contributed by atoms with Crippen molar-refractivity contribution in [2.75, 3.05) is 26.2 Å². The third-order valence-electron chi connectivity index (χ3n) is 4.37. The highest BCUT2D eigenvalue weighted by molar-refractivity contribution is 5.75. The summed E-state index contributed by atoms with van der Waals surface area (Å²) in [6, 6.07) is 0.997. The lowest BCUT2D eigenvalue weighted by Crippen LogP contribution is -2.43. The van der Waals surface area contributed by atoms with Gasteiger partial charge in [0.2, 0.25) is 5.91 Å². The first-order valence-corrected chi connectivity index (χ1v) is 7.18. The molecule has 0 bridgehead atoms. The average molecular weight is 254 g/mol. The number of nitrogens with zero attached hydrogens (tertiary/aromatic N) is 2. The molecule has 3 N–H and O–H groups in total. The van der Waals surface area contributed by atoms with E-state index in [1.165, 1.54) is 38.8 Å². The molecular formula is C13H26N4O. The van der Waals surface area contributed by atoms with Crippen LogP contribution in [-0.4, -0.2) is 54.0 Å². The molecule has 2 aliphatic heterocycles. The fourth-order valence-electron chi connectivity index (χ4n) is 3.21. The molecule has 2 heterocycles. The maximum atomic E-state index is 11.3. The molecule has 0 aromatic rings. The molecule has 5 nitrogen and oxygen atoms in total. The first kappa shape index (κ1) is 13.8. The summed E-state index contributed by atoms with van der Waals surface area (Å²) >= 11 is 0. The van der Waals surface area contributed by atoms with E-state index in [1.807, 2.05) is 0 Å². The van der Waals surface area contributed by atoms with Crippen LogP contribution in [0.4, 0.5) is 0 Å². The van der Waals surface area contributed by atoms with E-state index >= 15 is 0 Å². The van der Waals surface area contributed by atoms with Gasteiger partial charge in [0.15, 0.2) is 0 Å². The Labute approximate surface area is 110 Å². The van der Waals surface area contributed by atoms with Crippen molar-refractivity contribution < 1.29 is 4.79 Å². The summed E-state index contributed by atoms with van der Waals surface area (Å²) in [6.07, 6.45) is 5.83. The minimum absolute atomic E-state index is 0.0658. The molecule has 0 aromatic heterocycles. The van der Waals surface area contributed by atoms with Gasteiger partial charge in [-0.15, -0.1) is 0 Å². The SMILES string of the molecule is CC(CC(=O)NN)N1CCC(N2CCCCC2)C1. The Hall–Kier alpha value is -0.650. The maximum Gasteiger partial charge on any atom is 0.235 e. The first-order chi connectivity index (χ1) is 8.70. The van der Waals surface area contributed by atoms with Crippen LogP contribution in [0.1, 0.15) is 39.0 Å². The zero-order valence-corrected chi connectivity index (χ0v) is 11.4. The number of carbonyl (C=O) groups is 1. The fraction of sp³-hybridized carbons (Fsp3) is 0.923. The van der Waals surface area contributed by atoms with E-state index in [4.69, 9.17) is 5.84 Å². The topological polar surface area (TPSA) is 61.6 Å². The smallest absolute Gasteiger partial charge is 0.235 e.